The lowest BCUT2D eigenvalue weighted by Gasteiger charge is -2.04. The monoisotopic (exact) mass is 334 g/mol. The summed E-state index contributed by atoms with van der Waals surface area (Å²) in [4.78, 5) is 26.4. The highest BCUT2D eigenvalue weighted by atomic mass is 16.2. The number of rotatable bonds is 2. The van der Waals surface area contributed by atoms with Gasteiger partial charge < -0.3 is 10.3 Å². The molecule has 3 aromatic rings. The van der Waals surface area contributed by atoms with Gasteiger partial charge in [0.05, 0.1) is 17.3 Å². The summed E-state index contributed by atoms with van der Waals surface area (Å²) in [5.74, 6) is 6.30. The Bertz CT molecular complexity index is 1100. The van der Waals surface area contributed by atoms with E-state index in [9.17, 15) is 9.59 Å². The Kier molecular flexibility index (Phi) is 3.54. The number of amides is 1. The van der Waals surface area contributed by atoms with Crippen molar-refractivity contribution in [3.05, 3.63) is 46.1 Å². The molecule has 124 valence electrons. The van der Waals surface area contributed by atoms with Crippen LogP contribution in [0.5, 0.6) is 0 Å². The van der Waals surface area contributed by atoms with E-state index in [-0.39, 0.29) is 22.9 Å². The average molecular weight is 334 g/mol. The normalized spacial score (nSPS) is 13.3. The van der Waals surface area contributed by atoms with Crippen LogP contribution in [0.2, 0.25) is 0 Å². The summed E-state index contributed by atoms with van der Waals surface area (Å²) in [5, 5.41) is 15.2. The molecule has 0 aliphatic heterocycles. The van der Waals surface area contributed by atoms with Gasteiger partial charge >= 0.3 is 0 Å². The summed E-state index contributed by atoms with van der Waals surface area (Å²) in [6, 6.07) is 1.63. The molecule has 2 N–H and O–H groups in total. The number of hydrogen-bond donors (Lipinski definition) is 2. The first-order valence-corrected chi connectivity index (χ1v) is 7.81. The number of fused-ring (bicyclic) bond motifs is 1. The molecular weight excluding hydrogens is 320 g/mol. The average Bonchev–Trinajstić information content (AvgIpc) is 3.37. The third-order valence-electron chi connectivity index (χ3n) is 3.89. The fourth-order valence-corrected chi connectivity index (χ4v) is 2.41. The van der Waals surface area contributed by atoms with Gasteiger partial charge in [0.1, 0.15) is 0 Å². The maximum atomic E-state index is 12.0. The largest absolute Gasteiger partial charge is 0.326 e. The quantitative estimate of drug-likeness (QED) is 0.674. The van der Waals surface area contributed by atoms with Crippen LogP contribution in [0, 0.1) is 17.8 Å². The van der Waals surface area contributed by atoms with Gasteiger partial charge in [0.15, 0.2) is 11.3 Å². The second-order valence-corrected chi connectivity index (χ2v) is 5.94. The molecule has 1 fully saturated rings. The Labute approximate surface area is 142 Å². The van der Waals surface area contributed by atoms with Crippen molar-refractivity contribution in [3.63, 3.8) is 0 Å². The van der Waals surface area contributed by atoms with E-state index < -0.39 is 0 Å². The Morgan fingerprint density at radius 1 is 1.36 bits per heavy atom. The smallest absolute Gasteiger partial charge is 0.276 e. The molecule has 0 saturated heterocycles. The van der Waals surface area contributed by atoms with E-state index in [2.05, 4.69) is 37.4 Å². The van der Waals surface area contributed by atoms with E-state index >= 15 is 0 Å². The Hall–Kier alpha value is -3.47. The molecule has 0 spiro atoms. The van der Waals surface area contributed by atoms with Crippen molar-refractivity contribution in [2.45, 2.75) is 12.8 Å². The van der Waals surface area contributed by atoms with E-state index in [4.69, 9.17) is 0 Å². The number of H-pyrrole nitrogens is 1. The summed E-state index contributed by atoms with van der Waals surface area (Å²) in [6.07, 6.45) is 6.77. The number of aromatic nitrogens is 5. The number of pyridine rings is 1. The molecule has 8 nitrogen and oxygen atoms in total. The molecule has 0 bridgehead atoms. The zero-order chi connectivity index (χ0) is 17.4. The molecule has 1 saturated carbocycles. The highest BCUT2D eigenvalue weighted by Crippen LogP contribution is 2.30. The second kappa shape index (κ2) is 5.87. The van der Waals surface area contributed by atoms with Gasteiger partial charge in [0.2, 0.25) is 5.91 Å². The van der Waals surface area contributed by atoms with Crippen LogP contribution in [0.1, 0.15) is 24.0 Å². The van der Waals surface area contributed by atoms with Gasteiger partial charge in [-0.15, -0.1) is 10.2 Å². The summed E-state index contributed by atoms with van der Waals surface area (Å²) < 4.78 is 1.66. The predicted octanol–water partition coefficient (Wildman–Crippen LogP) is 0.800. The molecule has 0 radical (unpaired) electrons. The number of anilines is 1. The first-order chi connectivity index (χ1) is 12.1. The number of nitrogens with zero attached hydrogens (tertiary/aromatic N) is 4. The van der Waals surface area contributed by atoms with Crippen LogP contribution in [0.25, 0.3) is 10.9 Å². The molecule has 3 aromatic heterocycles. The van der Waals surface area contributed by atoms with Gasteiger partial charge in [-0.3, -0.25) is 14.3 Å². The van der Waals surface area contributed by atoms with Crippen LogP contribution < -0.4 is 10.9 Å². The van der Waals surface area contributed by atoms with Gasteiger partial charge in [0, 0.05) is 30.7 Å². The zero-order valence-corrected chi connectivity index (χ0v) is 13.4. The predicted molar refractivity (Wildman–Crippen MR) is 90.7 cm³/mol. The zero-order valence-electron chi connectivity index (χ0n) is 13.4. The standard InChI is InChI=1S/C17H14N6O2/c1-23-9-10(7-19-23)2-3-12-8-18-17(25)15-13(12)6-14(21-22-15)20-16(24)11-4-5-11/h6-9,11H,4-5H2,1H3,(H,18,25)(H,20,21,24). The molecule has 0 aromatic carbocycles. The van der Waals surface area contributed by atoms with E-state index in [1.165, 1.54) is 6.20 Å². The molecular formula is C17H14N6O2. The summed E-state index contributed by atoms with van der Waals surface area (Å²) >= 11 is 0. The van der Waals surface area contributed by atoms with Crippen LogP contribution in [0.4, 0.5) is 5.82 Å². The van der Waals surface area contributed by atoms with Crippen LogP contribution in [0.3, 0.4) is 0 Å². The molecule has 4 rings (SSSR count). The van der Waals surface area contributed by atoms with Gasteiger partial charge in [-0.1, -0.05) is 11.8 Å². The van der Waals surface area contributed by atoms with Crippen molar-refractivity contribution in [3.8, 4) is 11.8 Å². The minimum absolute atomic E-state index is 0.0570. The van der Waals surface area contributed by atoms with Crippen molar-refractivity contribution in [1.82, 2.24) is 25.0 Å². The fraction of sp³-hybridized carbons (Fsp3) is 0.235. The van der Waals surface area contributed by atoms with Crippen molar-refractivity contribution < 1.29 is 4.79 Å². The minimum atomic E-state index is -0.352. The summed E-state index contributed by atoms with van der Waals surface area (Å²) in [6.45, 7) is 0. The van der Waals surface area contributed by atoms with Crippen molar-refractivity contribution in [2.24, 2.45) is 13.0 Å². The summed E-state index contributed by atoms with van der Waals surface area (Å²) in [7, 11) is 1.81. The number of carbonyl (C=O) groups is 1. The molecule has 1 aliphatic carbocycles. The van der Waals surface area contributed by atoms with Crippen molar-refractivity contribution in [2.75, 3.05) is 5.32 Å². The lowest BCUT2D eigenvalue weighted by Crippen LogP contribution is -2.16. The van der Waals surface area contributed by atoms with Crippen LogP contribution >= 0.6 is 0 Å². The lowest BCUT2D eigenvalue weighted by molar-refractivity contribution is -0.117. The number of aromatic amines is 1. The van der Waals surface area contributed by atoms with Crippen LogP contribution in [-0.4, -0.2) is 30.9 Å². The topological polar surface area (TPSA) is 106 Å². The van der Waals surface area contributed by atoms with E-state index in [1.54, 1.807) is 23.1 Å². The lowest BCUT2D eigenvalue weighted by atomic mass is 10.1. The molecule has 0 atom stereocenters. The van der Waals surface area contributed by atoms with Crippen molar-refractivity contribution in [1.29, 1.82) is 0 Å². The third kappa shape index (κ3) is 3.12. The molecule has 1 amide bonds. The van der Waals surface area contributed by atoms with Gasteiger partial charge in [-0.05, 0) is 18.9 Å². The number of carbonyl (C=O) groups excluding carboxylic acids is 1. The van der Waals surface area contributed by atoms with Gasteiger partial charge in [-0.2, -0.15) is 5.10 Å². The highest BCUT2D eigenvalue weighted by molar-refractivity contribution is 5.95. The van der Waals surface area contributed by atoms with E-state index in [1.807, 2.05) is 7.05 Å². The number of aryl methyl sites for hydroxylation is 1. The number of nitrogens with one attached hydrogen (secondary N) is 2. The van der Waals surface area contributed by atoms with Crippen LogP contribution in [0.15, 0.2) is 29.5 Å². The Morgan fingerprint density at radius 3 is 2.92 bits per heavy atom. The maximum absolute atomic E-state index is 12.0. The fourth-order valence-electron chi connectivity index (χ4n) is 2.41. The van der Waals surface area contributed by atoms with Crippen molar-refractivity contribution >= 4 is 22.6 Å². The molecule has 1 aliphatic rings. The maximum Gasteiger partial charge on any atom is 0.276 e. The molecule has 3 heterocycles. The second-order valence-electron chi connectivity index (χ2n) is 5.94. The minimum Gasteiger partial charge on any atom is -0.326 e. The van der Waals surface area contributed by atoms with Crippen LogP contribution in [-0.2, 0) is 11.8 Å². The molecule has 0 unspecified atom stereocenters. The first kappa shape index (κ1) is 15.1. The van der Waals surface area contributed by atoms with E-state index in [0.29, 0.717) is 16.8 Å². The van der Waals surface area contributed by atoms with E-state index in [0.717, 1.165) is 18.4 Å². The molecule has 25 heavy (non-hydrogen) atoms. The van der Waals surface area contributed by atoms with Gasteiger partial charge in [0.25, 0.3) is 5.56 Å². The Balaban J connectivity index is 1.75. The highest BCUT2D eigenvalue weighted by Gasteiger charge is 2.29. The SMILES string of the molecule is Cn1cc(C#Cc2c[nH]c(=O)c3nnc(NC(=O)C4CC4)cc23)cn1. The Morgan fingerprint density at radius 2 is 2.20 bits per heavy atom. The summed E-state index contributed by atoms with van der Waals surface area (Å²) in [5.41, 5.74) is 1.18. The third-order valence-corrected chi connectivity index (χ3v) is 3.89. The van der Waals surface area contributed by atoms with Gasteiger partial charge in [-0.25, -0.2) is 0 Å². The number of hydrogen-bond acceptors (Lipinski definition) is 5. The molecule has 8 heteroatoms. The first-order valence-electron chi connectivity index (χ1n) is 7.81.